The Balaban J connectivity index is 1.49. The van der Waals surface area contributed by atoms with Gasteiger partial charge in [-0.05, 0) is 48.2 Å². The van der Waals surface area contributed by atoms with Gasteiger partial charge in [0, 0.05) is 24.7 Å². The lowest BCUT2D eigenvalue weighted by Gasteiger charge is -2.29. The first-order chi connectivity index (χ1) is 12.2. The van der Waals surface area contributed by atoms with Gasteiger partial charge in [-0.2, -0.15) is 0 Å². The van der Waals surface area contributed by atoms with Crippen molar-refractivity contribution in [1.82, 2.24) is 9.97 Å². The summed E-state index contributed by atoms with van der Waals surface area (Å²) in [5.74, 6) is -0.201. The molecule has 25 heavy (non-hydrogen) atoms. The molecule has 4 heteroatoms. The van der Waals surface area contributed by atoms with E-state index < -0.39 is 0 Å². The molecule has 0 bridgehead atoms. The van der Waals surface area contributed by atoms with E-state index in [1.165, 1.54) is 34.3 Å². The fourth-order valence-corrected chi connectivity index (χ4v) is 3.28. The number of aryl methyl sites for hydroxylation is 1. The van der Waals surface area contributed by atoms with Gasteiger partial charge in [0.25, 0.3) is 0 Å². The number of hydrogen-bond donors (Lipinski definition) is 1. The van der Waals surface area contributed by atoms with Gasteiger partial charge < -0.3 is 9.88 Å². The first kappa shape index (κ1) is 15.6. The minimum Gasteiger partial charge on any atom is -0.366 e. The van der Waals surface area contributed by atoms with Gasteiger partial charge in [0.15, 0.2) is 0 Å². The van der Waals surface area contributed by atoms with Crippen LogP contribution in [0.1, 0.15) is 17.5 Å². The summed E-state index contributed by atoms with van der Waals surface area (Å²) in [5, 5.41) is 1.18. The van der Waals surface area contributed by atoms with Crippen LogP contribution in [0.4, 0.5) is 10.1 Å². The third-order valence-corrected chi connectivity index (χ3v) is 4.77. The van der Waals surface area contributed by atoms with E-state index in [9.17, 15) is 4.39 Å². The van der Waals surface area contributed by atoms with Crippen molar-refractivity contribution in [2.24, 2.45) is 0 Å². The molecule has 3 nitrogen and oxygen atoms in total. The first-order valence-corrected chi connectivity index (χ1v) is 8.51. The number of nitrogens with one attached hydrogen (secondary N) is 1. The molecule has 0 saturated heterocycles. The maximum absolute atomic E-state index is 12.9. The highest BCUT2D eigenvalue weighted by Gasteiger charge is 2.15. The Kier molecular flexibility index (Phi) is 4.10. The lowest BCUT2D eigenvalue weighted by molar-refractivity contribution is 0.628. The normalized spacial score (nSPS) is 15.1. The fourth-order valence-electron chi connectivity index (χ4n) is 3.28. The number of nitrogens with zero attached hydrogens (tertiary/aromatic N) is 2. The zero-order valence-corrected chi connectivity index (χ0v) is 14.2. The van der Waals surface area contributed by atoms with Crippen LogP contribution in [0, 0.1) is 12.7 Å². The van der Waals surface area contributed by atoms with Crippen LogP contribution in [0.3, 0.4) is 0 Å². The molecule has 0 saturated carbocycles. The van der Waals surface area contributed by atoms with Crippen molar-refractivity contribution in [3.63, 3.8) is 0 Å². The van der Waals surface area contributed by atoms with Crippen molar-refractivity contribution in [1.29, 1.82) is 0 Å². The zero-order chi connectivity index (χ0) is 17.2. The standard InChI is InChI=1S/C21H20FN3/c1-15-19-8-11-23-21(19)24-14-20(15)25-12-9-17(10-13-25)3-2-16-4-6-18(22)7-5-16/h2-9,11,14H,10,12-13H2,1H3,(H,23,24). The molecular weight excluding hydrogens is 313 g/mol. The molecule has 0 amide bonds. The van der Waals surface area contributed by atoms with Crippen molar-refractivity contribution >= 4 is 22.8 Å². The third kappa shape index (κ3) is 3.20. The average Bonchev–Trinajstić information content (AvgIpc) is 3.12. The van der Waals surface area contributed by atoms with Crippen LogP contribution in [-0.2, 0) is 0 Å². The maximum atomic E-state index is 12.9. The van der Waals surface area contributed by atoms with Gasteiger partial charge in [0.05, 0.1) is 11.9 Å². The lowest BCUT2D eigenvalue weighted by atomic mass is 10.0. The number of aromatic amines is 1. The molecular formula is C21H20FN3. The largest absolute Gasteiger partial charge is 0.366 e. The predicted octanol–water partition coefficient (Wildman–Crippen LogP) is 4.86. The van der Waals surface area contributed by atoms with Gasteiger partial charge in [0.2, 0.25) is 0 Å². The summed E-state index contributed by atoms with van der Waals surface area (Å²) in [4.78, 5) is 10.0. The molecule has 4 rings (SSSR count). The number of hydrogen-bond acceptors (Lipinski definition) is 2. The Morgan fingerprint density at radius 1 is 1.16 bits per heavy atom. The number of H-pyrrole nitrogens is 1. The molecule has 0 aliphatic carbocycles. The van der Waals surface area contributed by atoms with Gasteiger partial charge in [-0.1, -0.05) is 30.4 Å². The zero-order valence-electron chi connectivity index (χ0n) is 14.2. The highest BCUT2D eigenvalue weighted by Crippen LogP contribution is 2.28. The minimum atomic E-state index is -0.201. The van der Waals surface area contributed by atoms with Gasteiger partial charge in [-0.25, -0.2) is 9.37 Å². The smallest absolute Gasteiger partial charge is 0.137 e. The molecule has 0 atom stereocenters. The molecule has 3 aromatic rings. The highest BCUT2D eigenvalue weighted by molar-refractivity contribution is 5.84. The molecule has 3 heterocycles. The second-order valence-corrected chi connectivity index (χ2v) is 6.37. The predicted molar refractivity (Wildman–Crippen MR) is 101 cm³/mol. The second kappa shape index (κ2) is 6.55. The van der Waals surface area contributed by atoms with Crippen molar-refractivity contribution in [3.05, 3.63) is 77.4 Å². The van der Waals surface area contributed by atoms with Gasteiger partial charge >= 0.3 is 0 Å². The molecule has 1 aliphatic rings. The van der Waals surface area contributed by atoms with Crippen molar-refractivity contribution in [2.75, 3.05) is 18.0 Å². The third-order valence-electron chi connectivity index (χ3n) is 4.77. The van der Waals surface area contributed by atoms with Crippen LogP contribution < -0.4 is 4.90 Å². The van der Waals surface area contributed by atoms with Crippen LogP contribution in [0.15, 0.2) is 60.5 Å². The average molecular weight is 333 g/mol. The fraction of sp³-hybridized carbons (Fsp3) is 0.190. The van der Waals surface area contributed by atoms with Crippen LogP contribution in [-0.4, -0.2) is 23.1 Å². The summed E-state index contributed by atoms with van der Waals surface area (Å²) in [7, 11) is 0. The summed E-state index contributed by atoms with van der Waals surface area (Å²) < 4.78 is 12.9. The number of anilines is 1. The van der Waals surface area contributed by atoms with E-state index >= 15 is 0 Å². The molecule has 2 aromatic heterocycles. The quantitative estimate of drug-likeness (QED) is 0.742. The summed E-state index contributed by atoms with van der Waals surface area (Å²) in [6, 6.07) is 8.65. The second-order valence-electron chi connectivity index (χ2n) is 6.37. The van der Waals surface area contributed by atoms with Crippen molar-refractivity contribution < 1.29 is 4.39 Å². The van der Waals surface area contributed by atoms with E-state index in [1.54, 1.807) is 12.1 Å². The topological polar surface area (TPSA) is 31.9 Å². The highest BCUT2D eigenvalue weighted by atomic mass is 19.1. The molecule has 0 radical (unpaired) electrons. The Morgan fingerprint density at radius 3 is 2.76 bits per heavy atom. The summed E-state index contributed by atoms with van der Waals surface area (Å²) in [6.45, 7) is 4.00. The van der Waals surface area contributed by atoms with Gasteiger partial charge in [-0.15, -0.1) is 0 Å². The first-order valence-electron chi connectivity index (χ1n) is 8.51. The van der Waals surface area contributed by atoms with Gasteiger partial charge in [0.1, 0.15) is 11.5 Å². The summed E-state index contributed by atoms with van der Waals surface area (Å²) in [6.07, 6.45) is 11.3. The molecule has 0 unspecified atom stereocenters. The monoisotopic (exact) mass is 333 g/mol. The van der Waals surface area contributed by atoms with Crippen molar-refractivity contribution in [2.45, 2.75) is 13.3 Å². The Bertz CT molecular complexity index is 951. The summed E-state index contributed by atoms with van der Waals surface area (Å²) >= 11 is 0. The molecule has 1 aromatic carbocycles. The van der Waals surface area contributed by atoms with Crippen LogP contribution in [0.2, 0.25) is 0 Å². The van der Waals surface area contributed by atoms with E-state index in [4.69, 9.17) is 0 Å². The molecule has 0 spiro atoms. The lowest BCUT2D eigenvalue weighted by Crippen LogP contribution is -2.29. The number of allylic oxidation sites excluding steroid dienone is 1. The number of fused-ring (bicyclic) bond motifs is 1. The van der Waals surface area contributed by atoms with Crippen molar-refractivity contribution in [3.8, 4) is 0 Å². The van der Waals surface area contributed by atoms with E-state index in [1.807, 2.05) is 18.5 Å². The van der Waals surface area contributed by atoms with E-state index in [2.05, 4.69) is 40.0 Å². The van der Waals surface area contributed by atoms with Crippen LogP contribution >= 0.6 is 0 Å². The van der Waals surface area contributed by atoms with Gasteiger partial charge in [-0.3, -0.25) is 0 Å². The number of rotatable bonds is 3. The number of benzene rings is 1. The maximum Gasteiger partial charge on any atom is 0.137 e. The Labute approximate surface area is 146 Å². The Morgan fingerprint density at radius 2 is 2.00 bits per heavy atom. The van der Waals surface area contributed by atoms with E-state index in [0.717, 1.165) is 30.7 Å². The number of aromatic nitrogens is 2. The molecule has 1 aliphatic heterocycles. The van der Waals surface area contributed by atoms with E-state index in [0.29, 0.717) is 0 Å². The molecule has 1 N–H and O–H groups in total. The number of halogens is 1. The molecule has 126 valence electrons. The number of pyridine rings is 1. The van der Waals surface area contributed by atoms with Crippen LogP contribution in [0.5, 0.6) is 0 Å². The Hall–Kier alpha value is -2.88. The minimum absolute atomic E-state index is 0.201. The molecule has 0 fully saturated rings. The van der Waals surface area contributed by atoms with E-state index in [-0.39, 0.29) is 5.82 Å². The van der Waals surface area contributed by atoms with Crippen LogP contribution in [0.25, 0.3) is 17.1 Å². The SMILES string of the molecule is Cc1c(N2CC=C(C=Cc3ccc(F)cc3)CC2)cnc2[nH]ccc12. The summed E-state index contributed by atoms with van der Waals surface area (Å²) in [5.41, 5.74) is 5.74.